The number of ether oxygens (including phenoxy) is 1. The van der Waals surface area contributed by atoms with Crippen molar-refractivity contribution in [2.75, 3.05) is 13.7 Å². The normalized spacial score (nSPS) is 17.7. The zero-order valence-corrected chi connectivity index (χ0v) is 12.4. The van der Waals surface area contributed by atoms with Gasteiger partial charge in [-0.2, -0.15) is 0 Å². The summed E-state index contributed by atoms with van der Waals surface area (Å²) < 4.78 is 6.78. The summed E-state index contributed by atoms with van der Waals surface area (Å²) in [6, 6.07) is 2.16. The van der Waals surface area contributed by atoms with E-state index in [1.807, 2.05) is 0 Å². The van der Waals surface area contributed by atoms with E-state index in [-0.39, 0.29) is 5.41 Å². The molecule has 1 aliphatic rings. The van der Waals surface area contributed by atoms with Crippen molar-refractivity contribution in [2.24, 2.45) is 5.73 Å². The molecule has 0 radical (unpaired) electrons. The summed E-state index contributed by atoms with van der Waals surface area (Å²) in [5.41, 5.74) is 9.89. The molecular formula is C14H20BrNO. The number of hydrogen-bond donors (Lipinski definition) is 1. The summed E-state index contributed by atoms with van der Waals surface area (Å²) in [4.78, 5) is 0. The van der Waals surface area contributed by atoms with Crippen LogP contribution in [0.2, 0.25) is 0 Å². The van der Waals surface area contributed by atoms with Crippen LogP contribution in [0.15, 0.2) is 10.5 Å². The number of methoxy groups -OCH3 is 1. The summed E-state index contributed by atoms with van der Waals surface area (Å²) >= 11 is 3.72. The van der Waals surface area contributed by atoms with Gasteiger partial charge in [0.15, 0.2) is 0 Å². The van der Waals surface area contributed by atoms with E-state index in [1.54, 1.807) is 7.11 Å². The maximum atomic E-state index is 6.02. The monoisotopic (exact) mass is 297 g/mol. The van der Waals surface area contributed by atoms with E-state index in [2.05, 4.69) is 35.8 Å². The number of halogens is 1. The molecule has 3 heteroatoms. The minimum atomic E-state index is 0.126. The van der Waals surface area contributed by atoms with Crippen molar-refractivity contribution in [1.29, 1.82) is 0 Å². The summed E-state index contributed by atoms with van der Waals surface area (Å²) in [5.74, 6) is 1.01. The predicted molar refractivity (Wildman–Crippen MR) is 74.8 cm³/mol. The highest BCUT2D eigenvalue weighted by molar-refractivity contribution is 9.10. The average Bonchev–Trinajstić information content (AvgIpc) is 2.24. The number of rotatable bonds is 3. The van der Waals surface area contributed by atoms with Gasteiger partial charge in [0.2, 0.25) is 0 Å². The number of benzene rings is 1. The van der Waals surface area contributed by atoms with Crippen LogP contribution in [-0.2, 0) is 5.41 Å². The van der Waals surface area contributed by atoms with Crippen molar-refractivity contribution >= 4 is 15.9 Å². The standard InChI is InChI=1S/C14H20BrNO/c1-9-7-10(2)13(17-3)11(12(9)15)14(8-16)5-4-6-14/h7H,4-6,8,16H2,1-3H3. The van der Waals surface area contributed by atoms with Gasteiger partial charge < -0.3 is 10.5 Å². The van der Waals surface area contributed by atoms with Crippen LogP contribution in [-0.4, -0.2) is 13.7 Å². The Kier molecular flexibility index (Phi) is 3.50. The Morgan fingerprint density at radius 1 is 1.35 bits per heavy atom. The minimum Gasteiger partial charge on any atom is -0.496 e. The van der Waals surface area contributed by atoms with Crippen LogP contribution >= 0.6 is 15.9 Å². The molecule has 1 aliphatic carbocycles. The third kappa shape index (κ3) is 1.89. The van der Waals surface area contributed by atoms with Crippen LogP contribution in [0.5, 0.6) is 5.75 Å². The average molecular weight is 298 g/mol. The van der Waals surface area contributed by atoms with Crippen molar-refractivity contribution in [1.82, 2.24) is 0 Å². The number of hydrogen-bond acceptors (Lipinski definition) is 2. The summed E-state index contributed by atoms with van der Waals surface area (Å²) in [5, 5.41) is 0. The van der Waals surface area contributed by atoms with E-state index in [4.69, 9.17) is 10.5 Å². The van der Waals surface area contributed by atoms with Gasteiger partial charge in [-0.25, -0.2) is 0 Å². The second-order valence-electron chi connectivity index (χ2n) is 5.07. The van der Waals surface area contributed by atoms with E-state index < -0.39 is 0 Å². The molecule has 0 heterocycles. The Morgan fingerprint density at radius 2 is 2.00 bits per heavy atom. The molecule has 2 rings (SSSR count). The highest BCUT2D eigenvalue weighted by Crippen LogP contribution is 2.50. The molecule has 0 saturated heterocycles. The van der Waals surface area contributed by atoms with Crippen LogP contribution in [0.25, 0.3) is 0 Å². The first kappa shape index (κ1) is 12.9. The fourth-order valence-electron chi connectivity index (χ4n) is 2.84. The van der Waals surface area contributed by atoms with Crippen molar-refractivity contribution < 1.29 is 4.74 Å². The van der Waals surface area contributed by atoms with Gasteiger partial charge in [-0.15, -0.1) is 0 Å². The highest BCUT2D eigenvalue weighted by atomic mass is 79.9. The number of aryl methyl sites for hydroxylation is 2. The van der Waals surface area contributed by atoms with Crippen LogP contribution in [0.3, 0.4) is 0 Å². The molecule has 1 aromatic rings. The Labute approximate surface area is 112 Å². The van der Waals surface area contributed by atoms with E-state index in [0.717, 1.165) is 5.75 Å². The van der Waals surface area contributed by atoms with Crippen molar-refractivity contribution in [3.63, 3.8) is 0 Å². The molecule has 0 unspecified atom stereocenters. The van der Waals surface area contributed by atoms with Crippen LogP contribution in [0.1, 0.15) is 36.0 Å². The smallest absolute Gasteiger partial charge is 0.126 e. The topological polar surface area (TPSA) is 35.2 Å². The Hall–Kier alpha value is -0.540. The highest BCUT2D eigenvalue weighted by Gasteiger charge is 2.41. The molecule has 94 valence electrons. The molecule has 0 spiro atoms. The minimum absolute atomic E-state index is 0.126. The lowest BCUT2D eigenvalue weighted by atomic mass is 9.64. The lowest BCUT2D eigenvalue weighted by molar-refractivity contribution is 0.241. The lowest BCUT2D eigenvalue weighted by Gasteiger charge is -2.43. The van der Waals surface area contributed by atoms with Crippen molar-refractivity contribution in [3.05, 3.63) is 27.2 Å². The van der Waals surface area contributed by atoms with Gasteiger partial charge in [-0.3, -0.25) is 0 Å². The van der Waals surface area contributed by atoms with Crippen LogP contribution in [0.4, 0.5) is 0 Å². The van der Waals surface area contributed by atoms with Crippen molar-refractivity contribution in [2.45, 2.75) is 38.5 Å². The van der Waals surface area contributed by atoms with E-state index in [0.29, 0.717) is 6.54 Å². The molecule has 2 N–H and O–H groups in total. The summed E-state index contributed by atoms with van der Waals surface area (Å²) in [6.45, 7) is 4.93. The molecule has 1 fully saturated rings. The maximum absolute atomic E-state index is 6.02. The molecule has 1 aromatic carbocycles. The largest absolute Gasteiger partial charge is 0.496 e. The molecule has 0 atom stereocenters. The molecular weight excluding hydrogens is 278 g/mol. The first-order valence-electron chi connectivity index (χ1n) is 6.10. The first-order valence-corrected chi connectivity index (χ1v) is 6.89. The van der Waals surface area contributed by atoms with Crippen LogP contribution in [0, 0.1) is 13.8 Å². The molecule has 0 aromatic heterocycles. The molecule has 1 saturated carbocycles. The van der Waals surface area contributed by atoms with Gasteiger partial charge in [0.25, 0.3) is 0 Å². The fourth-order valence-corrected chi connectivity index (χ4v) is 3.56. The maximum Gasteiger partial charge on any atom is 0.126 e. The van der Waals surface area contributed by atoms with Gasteiger partial charge in [-0.05, 0) is 37.8 Å². The second-order valence-corrected chi connectivity index (χ2v) is 5.86. The SMILES string of the molecule is COc1c(C)cc(C)c(Br)c1C1(CN)CCC1. The van der Waals surface area contributed by atoms with Gasteiger partial charge in [0, 0.05) is 22.0 Å². The third-order valence-corrected chi connectivity index (χ3v) is 5.04. The number of nitrogens with two attached hydrogens (primary N) is 1. The molecule has 0 bridgehead atoms. The lowest BCUT2D eigenvalue weighted by Crippen LogP contribution is -2.42. The molecule has 2 nitrogen and oxygen atoms in total. The predicted octanol–water partition coefficient (Wildman–Crippen LogP) is 3.45. The van der Waals surface area contributed by atoms with Gasteiger partial charge in [0.1, 0.15) is 5.75 Å². The molecule has 0 amide bonds. The van der Waals surface area contributed by atoms with Gasteiger partial charge in [0.05, 0.1) is 7.11 Å². The fraction of sp³-hybridized carbons (Fsp3) is 0.571. The van der Waals surface area contributed by atoms with E-state index in [1.165, 1.54) is 40.4 Å². The van der Waals surface area contributed by atoms with E-state index >= 15 is 0 Å². The summed E-state index contributed by atoms with van der Waals surface area (Å²) in [7, 11) is 1.75. The van der Waals surface area contributed by atoms with Gasteiger partial charge >= 0.3 is 0 Å². The quantitative estimate of drug-likeness (QED) is 0.927. The first-order chi connectivity index (χ1) is 8.05. The zero-order chi connectivity index (χ0) is 12.6. The van der Waals surface area contributed by atoms with Crippen LogP contribution < -0.4 is 10.5 Å². The summed E-state index contributed by atoms with van der Waals surface area (Å²) in [6.07, 6.45) is 3.60. The van der Waals surface area contributed by atoms with Gasteiger partial charge in [-0.1, -0.05) is 28.4 Å². The Morgan fingerprint density at radius 3 is 2.41 bits per heavy atom. The van der Waals surface area contributed by atoms with Crippen molar-refractivity contribution in [3.8, 4) is 5.75 Å². The van der Waals surface area contributed by atoms with E-state index in [9.17, 15) is 0 Å². The second kappa shape index (κ2) is 4.62. The molecule has 17 heavy (non-hydrogen) atoms. The Balaban J connectivity index is 2.65. The molecule has 0 aliphatic heterocycles. The Bertz CT molecular complexity index is 433. The third-order valence-electron chi connectivity index (χ3n) is 4.02. The zero-order valence-electron chi connectivity index (χ0n) is 10.8.